The minimum Gasteiger partial charge on any atom is -0.342 e. The number of nitrogens with zero attached hydrogens (tertiary/aromatic N) is 3. The van der Waals surface area contributed by atoms with Crippen LogP contribution in [0, 0.1) is 12.8 Å². The van der Waals surface area contributed by atoms with E-state index >= 15 is 0 Å². The highest BCUT2D eigenvalue weighted by molar-refractivity contribution is 5.79. The van der Waals surface area contributed by atoms with E-state index in [-0.39, 0.29) is 5.92 Å². The van der Waals surface area contributed by atoms with Crippen LogP contribution in [-0.4, -0.2) is 33.9 Å². The number of rotatable bonds is 1. The molecule has 0 spiro atoms. The summed E-state index contributed by atoms with van der Waals surface area (Å²) >= 11 is 0. The summed E-state index contributed by atoms with van der Waals surface area (Å²) in [5.74, 6) is 0.653. The van der Waals surface area contributed by atoms with Crippen molar-refractivity contribution in [2.75, 3.05) is 13.1 Å². The standard InChI is InChI=1S/C16H23N3O/c1-12-14-7-9-19(10-8-15(14)18-11-17-12)16(20)13-5-3-2-4-6-13/h11,13H,2-10H2,1H3. The van der Waals surface area contributed by atoms with Crippen molar-refractivity contribution in [3.05, 3.63) is 23.3 Å². The monoisotopic (exact) mass is 273 g/mol. The molecule has 2 aliphatic rings. The number of aromatic nitrogens is 2. The molecule has 1 aromatic heterocycles. The minimum absolute atomic E-state index is 0.275. The number of fused-ring (bicyclic) bond motifs is 1. The SMILES string of the molecule is Cc1ncnc2c1CCN(C(=O)C1CCCCC1)CC2. The van der Waals surface area contributed by atoms with E-state index in [1.807, 2.05) is 6.92 Å². The molecular formula is C16H23N3O. The normalized spacial score (nSPS) is 20.4. The molecule has 1 fully saturated rings. The molecule has 1 amide bonds. The quantitative estimate of drug-likeness (QED) is 0.788. The average molecular weight is 273 g/mol. The van der Waals surface area contributed by atoms with Crippen molar-refractivity contribution in [2.24, 2.45) is 5.92 Å². The van der Waals surface area contributed by atoms with Crippen LogP contribution in [0.5, 0.6) is 0 Å². The van der Waals surface area contributed by atoms with Gasteiger partial charge in [0, 0.05) is 36.8 Å². The van der Waals surface area contributed by atoms with E-state index in [0.717, 1.165) is 50.2 Å². The molecule has 0 atom stereocenters. The molecule has 0 N–H and O–H groups in total. The van der Waals surface area contributed by atoms with Gasteiger partial charge >= 0.3 is 0 Å². The molecule has 0 radical (unpaired) electrons. The maximum atomic E-state index is 12.6. The zero-order chi connectivity index (χ0) is 13.9. The second-order valence-corrected chi connectivity index (χ2v) is 6.04. The minimum atomic E-state index is 0.275. The summed E-state index contributed by atoms with van der Waals surface area (Å²) in [7, 11) is 0. The lowest BCUT2D eigenvalue weighted by Crippen LogP contribution is -2.38. The molecule has 0 unspecified atom stereocenters. The molecule has 1 saturated carbocycles. The first-order chi connectivity index (χ1) is 9.75. The summed E-state index contributed by atoms with van der Waals surface area (Å²) in [6.45, 7) is 3.69. The van der Waals surface area contributed by atoms with Gasteiger partial charge in [-0.15, -0.1) is 0 Å². The van der Waals surface area contributed by atoms with Crippen LogP contribution in [-0.2, 0) is 17.6 Å². The Hall–Kier alpha value is -1.45. The lowest BCUT2D eigenvalue weighted by molar-refractivity contribution is -0.136. The fourth-order valence-electron chi connectivity index (χ4n) is 3.52. The summed E-state index contributed by atoms with van der Waals surface area (Å²) in [6, 6.07) is 0. The van der Waals surface area contributed by atoms with Crippen LogP contribution in [0.1, 0.15) is 49.1 Å². The second-order valence-electron chi connectivity index (χ2n) is 6.04. The Bertz CT molecular complexity index is 494. The highest BCUT2D eigenvalue weighted by Crippen LogP contribution is 2.26. The Kier molecular flexibility index (Phi) is 3.99. The summed E-state index contributed by atoms with van der Waals surface area (Å²) in [5, 5.41) is 0. The van der Waals surface area contributed by atoms with E-state index in [0.29, 0.717) is 5.91 Å². The molecule has 0 bridgehead atoms. The summed E-state index contributed by atoms with van der Waals surface area (Å²) in [4.78, 5) is 23.4. The topological polar surface area (TPSA) is 46.1 Å². The Labute approximate surface area is 120 Å². The number of hydrogen-bond donors (Lipinski definition) is 0. The van der Waals surface area contributed by atoms with Crippen molar-refractivity contribution in [3.8, 4) is 0 Å². The van der Waals surface area contributed by atoms with Gasteiger partial charge in [-0.1, -0.05) is 19.3 Å². The van der Waals surface area contributed by atoms with Gasteiger partial charge in [0.1, 0.15) is 6.33 Å². The van der Waals surface area contributed by atoms with E-state index in [1.54, 1.807) is 6.33 Å². The molecule has 4 nitrogen and oxygen atoms in total. The molecule has 1 aliphatic heterocycles. The first kappa shape index (κ1) is 13.5. The van der Waals surface area contributed by atoms with Crippen LogP contribution in [0.15, 0.2) is 6.33 Å². The molecule has 0 saturated heterocycles. The predicted molar refractivity (Wildman–Crippen MR) is 77.3 cm³/mol. The second kappa shape index (κ2) is 5.90. The Morgan fingerprint density at radius 2 is 1.90 bits per heavy atom. The molecule has 1 aromatic rings. The fourth-order valence-corrected chi connectivity index (χ4v) is 3.52. The zero-order valence-electron chi connectivity index (χ0n) is 12.3. The zero-order valence-corrected chi connectivity index (χ0v) is 12.3. The van der Waals surface area contributed by atoms with Gasteiger partial charge in [0.15, 0.2) is 0 Å². The van der Waals surface area contributed by atoms with Gasteiger partial charge in [0.25, 0.3) is 0 Å². The van der Waals surface area contributed by atoms with Crippen LogP contribution in [0.4, 0.5) is 0 Å². The van der Waals surface area contributed by atoms with Crippen LogP contribution < -0.4 is 0 Å². The first-order valence-electron chi connectivity index (χ1n) is 7.84. The molecule has 2 heterocycles. The van der Waals surface area contributed by atoms with Gasteiger partial charge in [-0.2, -0.15) is 0 Å². The molecule has 108 valence electrons. The van der Waals surface area contributed by atoms with Gasteiger partial charge in [-0.05, 0) is 31.7 Å². The largest absolute Gasteiger partial charge is 0.342 e. The molecule has 4 heteroatoms. The van der Waals surface area contributed by atoms with Crippen LogP contribution in [0.2, 0.25) is 0 Å². The number of aryl methyl sites for hydroxylation is 1. The third-order valence-electron chi connectivity index (χ3n) is 4.77. The number of carbonyl (C=O) groups is 1. The Balaban J connectivity index is 1.69. The highest BCUT2D eigenvalue weighted by atomic mass is 16.2. The average Bonchev–Trinajstić information content (AvgIpc) is 2.71. The van der Waals surface area contributed by atoms with Gasteiger partial charge in [-0.3, -0.25) is 4.79 Å². The maximum Gasteiger partial charge on any atom is 0.225 e. The lowest BCUT2D eigenvalue weighted by Gasteiger charge is -2.28. The van der Waals surface area contributed by atoms with E-state index in [2.05, 4.69) is 14.9 Å². The van der Waals surface area contributed by atoms with Crippen molar-refractivity contribution in [1.82, 2.24) is 14.9 Å². The summed E-state index contributed by atoms with van der Waals surface area (Å²) in [6.07, 6.45) is 9.32. The van der Waals surface area contributed by atoms with Crippen LogP contribution in [0.3, 0.4) is 0 Å². The van der Waals surface area contributed by atoms with Gasteiger partial charge in [0.05, 0.1) is 0 Å². The highest BCUT2D eigenvalue weighted by Gasteiger charge is 2.27. The third-order valence-corrected chi connectivity index (χ3v) is 4.77. The summed E-state index contributed by atoms with van der Waals surface area (Å²) in [5.41, 5.74) is 3.46. The third kappa shape index (κ3) is 2.69. The number of amides is 1. The molecule has 20 heavy (non-hydrogen) atoms. The lowest BCUT2D eigenvalue weighted by atomic mass is 9.88. The molecule has 0 aromatic carbocycles. The van der Waals surface area contributed by atoms with E-state index in [9.17, 15) is 4.79 Å². The number of hydrogen-bond acceptors (Lipinski definition) is 3. The maximum absolute atomic E-state index is 12.6. The number of carbonyl (C=O) groups excluding carboxylic acids is 1. The van der Waals surface area contributed by atoms with Crippen molar-refractivity contribution >= 4 is 5.91 Å². The first-order valence-corrected chi connectivity index (χ1v) is 7.84. The van der Waals surface area contributed by atoms with Crippen molar-refractivity contribution in [3.63, 3.8) is 0 Å². The van der Waals surface area contributed by atoms with E-state index in [1.165, 1.54) is 24.8 Å². The van der Waals surface area contributed by atoms with Crippen molar-refractivity contribution < 1.29 is 4.79 Å². The Morgan fingerprint density at radius 1 is 1.15 bits per heavy atom. The van der Waals surface area contributed by atoms with Gasteiger partial charge in [0.2, 0.25) is 5.91 Å². The van der Waals surface area contributed by atoms with Crippen molar-refractivity contribution in [2.45, 2.75) is 51.9 Å². The summed E-state index contributed by atoms with van der Waals surface area (Å²) < 4.78 is 0. The Morgan fingerprint density at radius 3 is 2.70 bits per heavy atom. The molecule has 3 rings (SSSR count). The van der Waals surface area contributed by atoms with Crippen LogP contribution >= 0.6 is 0 Å². The molecule has 1 aliphatic carbocycles. The predicted octanol–water partition coefficient (Wildman–Crippen LogP) is 2.29. The molecular weight excluding hydrogens is 250 g/mol. The fraction of sp³-hybridized carbons (Fsp3) is 0.688. The van der Waals surface area contributed by atoms with Gasteiger partial charge in [-0.25, -0.2) is 9.97 Å². The van der Waals surface area contributed by atoms with E-state index in [4.69, 9.17) is 0 Å². The smallest absolute Gasteiger partial charge is 0.225 e. The van der Waals surface area contributed by atoms with Gasteiger partial charge < -0.3 is 4.90 Å². The van der Waals surface area contributed by atoms with E-state index < -0.39 is 0 Å². The van der Waals surface area contributed by atoms with Crippen LogP contribution in [0.25, 0.3) is 0 Å². The van der Waals surface area contributed by atoms with Crippen molar-refractivity contribution in [1.29, 1.82) is 0 Å².